The average Bonchev–Trinajstić information content (AvgIpc) is 2.10. The summed E-state index contributed by atoms with van der Waals surface area (Å²) >= 11 is 0. The van der Waals surface area contributed by atoms with Crippen LogP contribution in [0, 0.1) is 17.2 Å². The molecule has 0 aliphatic carbocycles. The van der Waals surface area contributed by atoms with Gasteiger partial charge in [-0.15, -0.1) is 0 Å². The Hall–Kier alpha value is -0.590. The lowest BCUT2D eigenvalue weighted by atomic mass is 9.95. The number of nitriles is 1. The SMILES string of the molecule is C[C@@H]1OCC[C@H](C)C1OCCC#N. The van der Waals surface area contributed by atoms with Gasteiger partial charge in [-0.2, -0.15) is 5.26 Å². The van der Waals surface area contributed by atoms with Gasteiger partial charge in [0.05, 0.1) is 31.3 Å². The molecule has 3 heteroatoms. The topological polar surface area (TPSA) is 42.2 Å². The smallest absolute Gasteiger partial charge is 0.0860 e. The molecule has 0 amide bonds. The Balaban J connectivity index is 2.31. The van der Waals surface area contributed by atoms with E-state index in [0.717, 1.165) is 13.0 Å². The summed E-state index contributed by atoms with van der Waals surface area (Å²) in [6, 6.07) is 2.07. The highest BCUT2D eigenvalue weighted by Gasteiger charge is 2.28. The van der Waals surface area contributed by atoms with Gasteiger partial charge < -0.3 is 9.47 Å². The van der Waals surface area contributed by atoms with Crippen LogP contribution in [0.5, 0.6) is 0 Å². The minimum Gasteiger partial charge on any atom is -0.376 e. The second-order valence-electron chi connectivity index (χ2n) is 3.59. The molecule has 1 fully saturated rings. The molecule has 1 rings (SSSR count). The van der Waals surface area contributed by atoms with E-state index in [1.54, 1.807) is 0 Å². The van der Waals surface area contributed by atoms with Gasteiger partial charge >= 0.3 is 0 Å². The minimum absolute atomic E-state index is 0.169. The second kappa shape index (κ2) is 5.21. The first-order chi connectivity index (χ1) is 6.25. The van der Waals surface area contributed by atoms with Crippen LogP contribution in [0.25, 0.3) is 0 Å². The van der Waals surface area contributed by atoms with E-state index in [4.69, 9.17) is 14.7 Å². The highest BCUT2D eigenvalue weighted by molar-refractivity contribution is 4.78. The molecule has 1 saturated heterocycles. The van der Waals surface area contributed by atoms with Gasteiger partial charge in [0.2, 0.25) is 0 Å². The Morgan fingerprint density at radius 3 is 2.92 bits per heavy atom. The van der Waals surface area contributed by atoms with Gasteiger partial charge in [0.25, 0.3) is 0 Å². The first kappa shape index (κ1) is 10.5. The maximum Gasteiger partial charge on any atom is 0.0860 e. The third-order valence-electron chi connectivity index (χ3n) is 2.50. The van der Waals surface area contributed by atoms with Gasteiger partial charge in [-0.3, -0.25) is 0 Å². The fourth-order valence-electron chi connectivity index (χ4n) is 1.70. The molecule has 1 aliphatic rings. The monoisotopic (exact) mass is 183 g/mol. The van der Waals surface area contributed by atoms with Crippen molar-refractivity contribution in [3.63, 3.8) is 0 Å². The first-order valence-electron chi connectivity index (χ1n) is 4.86. The van der Waals surface area contributed by atoms with Crippen LogP contribution >= 0.6 is 0 Å². The first-order valence-corrected chi connectivity index (χ1v) is 4.86. The molecule has 0 saturated carbocycles. The van der Waals surface area contributed by atoms with Crippen molar-refractivity contribution in [3.05, 3.63) is 0 Å². The van der Waals surface area contributed by atoms with Crippen molar-refractivity contribution in [1.29, 1.82) is 5.26 Å². The van der Waals surface area contributed by atoms with Gasteiger partial charge in [0.1, 0.15) is 0 Å². The molecule has 1 aliphatic heterocycles. The van der Waals surface area contributed by atoms with E-state index in [-0.39, 0.29) is 12.2 Å². The van der Waals surface area contributed by atoms with Gasteiger partial charge in [-0.25, -0.2) is 0 Å². The summed E-state index contributed by atoms with van der Waals surface area (Å²) in [5.41, 5.74) is 0. The Kier molecular flexibility index (Phi) is 4.20. The number of hydrogen-bond donors (Lipinski definition) is 0. The molecule has 0 spiro atoms. The van der Waals surface area contributed by atoms with Crippen molar-refractivity contribution in [2.24, 2.45) is 5.92 Å². The maximum absolute atomic E-state index is 8.37. The molecule has 0 radical (unpaired) electrons. The summed E-state index contributed by atoms with van der Waals surface area (Å²) in [7, 11) is 0. The van der Waals surface area contributed by atoms with Crippen molar-refractivity contribution in [1.82, 2.24) is 0 Å². The molecule has 13 heavy (non-hydrogen) atoms. The number of rotatable bonds is 3. The molecular weight excluding hydrogens is 166 g/mol. The number of nitrogens with zero attached hydrogens (tertiary/aromatic N) is 1. The van der Waals surface area contributed by atoms with Gasteiger partial charge in [0, 0.05) is 6.61 Å². The number of hydrogen-bond acceptors (Lipinski definition) is 3. The maximum atomic E-state index is 8.37. The molecule has 0 aromatic heterocycles. The molecule has 3 atom stereocenters. The second-order valence-corrected chi connectivity index (χ2v) is 3.59. The van der Waals surface area contributed by atoms with E-state index in [9.17, 15) is 0 Å². The summed E-state index contributed by atoms with van der Waals surface area (Å²) in [6.07, 6.45) is 1.86. The zero-order chi connectivity index (χ0) is 9.68. The van der Waals surface area contributed by atoms with E-state index >= 15 is 0 Å². The van der Waals surface area contributed by atoms with Crippen molar-refractivity contribution in [2.75, 3.05) is 13.2 Å². The zero-order valence-corrected chi connectivity index (χ0v) is 8.32. The van der Waals surface area contributed by atoms with Crippen molar-refractivity contribution >= 4 is 0 Å². The Labute approximate surface area is 79.6 Å². The quantitative estimate of drug-likeness (QED) is 0.626. The fraction of sp³-hybridized carbons (Fsp3) is 0.900. The van der Waals surface area contributed by atoms with Crippen LogP contribution in [0.3, 0.4) is 0 Å². The van der Waals surface area contributed by atoms with Crippen LogP contribution in [0.15, 0.2) is 0 Å². The molecule has 0 N–H and O–H groups in total. The summed E-state index contributed by atoms with van der Waals surface area (Å²) < 4.78 is 11.1. The summed E-state index contributed by atoms with van der Waals surface area (Å²) in [6.45, 7) is 5.57. The summed E-state index contributed by atoms with van der Waals surface area (Å²) in [4.78, 5) is 0. The zero-order valence-electron chi connectivity index (χ0n) is 8.32. The van der Waals surface area contributed by atoms with Crippen LogP contribution in [0.1, 0.15) is 26.7 Å². The Morgan fingerprint density at radius 2 is 2.31 bits per heavy atom. The normalized spacial score (nSPS) is 34.1. The summed E-state index contributed by atoms with van der Waals surface area (Å²) in [5.74, 6) is 0.544. The lowest BCUT2D eigenvalue weighted by Crippen LogP contribution is -2.40. The van der Waals surface area contributed by atoms with E-state index < -0.39 is 0 Å². The minimum atomic E-state index is 0.169. The van der Waals surface area contributed by atoms with Crippen molar-refractivity contribution in [3.8, 4) is 6.07 Å². The number of ether oxygens (including phenoxy) is 2. The Bertz CT molecular complexity index is 178. The molecular formula is C10H17NO2. The lowest BCUT2D eigenvalue weighted by molar-refractivity contribution is -0.122. The predicted octanol–water partition coefficient (Wildman–Crippen LogP) is 1.73. The van der Waals surface area contributed by atoms with Crippen molar-refractivity contribution < 1.29 is 9.47 Å². The standard InChI is InChI=1S/C10H17NO2/c1-8-4-7-12-9(2)10(8)13-6-3-5-11/h8-10H,3-4,6-7H2,1-2H3/t8-,9-,10?/m0/s1. The molecule has 0 aromatic carbocycles. The van der Waals surface area contributed by atoms with E-state index in [1.807, 2.05) is 6.92 Å². The molecule has 0 bridgehead atoms. The fourth-order valence-corrected chi connectivity index (χ4v) is 1.70. The van der Waals surface area contributed by atoms with Crippen LogP contribution in [0.4, 0.5) is 0 Å². The third kappa shape index (κ3) is 2.98. The van der Waals surface area contributed by atoms with Gasteiger partial charge in [-0.1, -0.05) is 6.92 Å². The average molecular weight is 183 g/mol. The Morgan fingerprint density at radius 1 is 1.54 bits per heavy atom. The highest BCUT2D eigenvalue weighted by Crippen LogP contribution is 2.22. The highest BCUT2D eigenvalue weighted by atomic mass is 16.5. The lowest BCUT2D eigenvalue weighted by Gasteiger charge is -2.34. The molecule has 0 aromatic rings. The molecule has 74 valence electrons. The van der Waals surface area contributed by atoms with Crippen molar-refractivity contribution in [2.45, 2.75) is 38.9 Å². The van der Waals surface area contributed by atoms with Gasteiger partial charge in [-0.05, 0) is 19.3 Å². The predicted molar refractivity (Wildman–Crippen MR) is 49.2 cm³/mol. The van der Waals surface area contributed by atoms with Crippen LogP contribution in [-0.2, 0) is 9.47 Å². The molecule has 3 nitrogen and oxygen atoms in total. The molecule has 1 unspecified atom stereocenters. The largest absolute Gasteiger partial charge is 0.376 e. The van der Waals surface area contributed by atoms with Gasteiger partial charge in [0.15, 0.2) is 0 Å². The summed E-state index contributed by atoms with van der Waals surface area (Å²) in [5, 5.41) is 8.37. The van der Waals surface area contributed by atoms with Crippen LogP contribution in [0.2, 0.25) is 0 Å². The van der Waals surface area contributed by atoms with E-state index in [2.05, 4.69) is 13.0 Å². The molecule has 1 heterocycles. The third-order valence-corrected chi connectivity index (χ3v) is 2.50. The van der Waals surface area contributed by atoms with Crippen LogP contribution in [-0.4, -0.2) is 25.4 Å². The van der Waals surface area contributed by atoms with E-state index in [0.29, 0.717) is 18.9 Å². The van der Waals surface area contributed by atoms with E-state index in [1.165, 1.54) is 0 Å². The van der Waals surface area contributed by atoms with Crippen LogP contribution < -0.4 is 0 Å².